The minimum Gasteiger partial charge on any atom is -0.489 e. The molecule has 29 heavy (non-hydrogen) atoms. The Morgan fingerprint density at radius 1 is 1.34 bits per heavy atom. The van der Waals surface area contributed by atoms with Crippen molar-refractivity contribution in [3.8, 4) is 5.75 Å². The third-order valence-corrected chi connectivity index (χ3v) is 6.81. The van der Waals surface area contributed by atoms with Crippen LogP contribution in [0.1, 0.15) is 13.8 Å². The largest absolute Gasteiger partial charge is 0.489 e. The van der Waals surface area contributed by atoms with E-state index in [1.54, 1.807) is 28.2 Å². The van der Waals surface area contributed by atoms with E-state index in [2.05, 4.69) is 15.6 Å². The van der Waals surface area contributed by atoms with E-state index in [-0.39, 0.29) is 48.2 Å². The summed E-state index contributed by atoms with van der Waals surface area (Å²) in [7, 11) is -3.26. The van der Waals surface area contributed by atoms with Gasteiger partial charge in [0.25, 0.3) is 0 Å². The van der Waals surface area contributed by atoms with Crippen molar-refractivity contribution in [3.63, 3.8) is 0 Å². The lowest BCUT2D eigenvalue weighted by Crippen LogP contribution is -2.44. The topological polar surface area (TPSA) is 83.0 Å². The molecular formula is C18H30FIN4O3S2. The molecule has 0 spiro atoms. The Bertz CT molecular complexity index is 746. The minimum atomic E-state index is -3.26. The molecule has 0 amide bonds. The number of rotatable bonds is 9. The molecule has 2 rings (SSSR count). The van der Waals surface area contributed by atoms with Gasteiger partial charge in [0.1, 0.15) is 17.7 Å². The average molecular weight is 560 g/mol. The summed E-state index contributed by atoms with van der Waals surface area (Å²) in [6, 6.07) is 5.97. The van der Waals surface area contributed by atoms with Gasteiger partial charge in [-0.15, -0.1) is 24.0 Å². The van der Waals surface area contributed by atoms with Gasteiger partial charge in [-0.1, -0.05) is 6.07 Å². The van der Waals surface area contributed by atoms with Gasteiger partial charge in [0.2, 0.25) is 10.0 Å². The molecule has 1 unspecified atom stereocenters. The van der Waals surface area contributed by atoms with E-state index in [0.29, 0.717) is 37.9 Å². The van der Waals surface area contributed by atoms with Gasteiger partial charge in [-0.3, -0.25) is 0 Å². The molecule has 1 atom stereocenters. The molecule has 1 aliphatic heterocycles. The lowest BCUT2D eigenvalue weighted by atomic mass is 10.3. The lowest BCUT2D eigenvalue weighted by Gasteiger charge is -2.25. The maximum atomic E-state index is 13.2. The molecule has 1 saturated heterocycles. The molecule has 1 aromatic rings. The molecule has 2 N–H and O–H groups in total. The van der Waals surface area contributed by atoms with Crippen molar-refractivity contribution < 1.29 is 17.5 Å². The van der Waals surface area contributed by atoms with Gasteiger partial charge >= 0.3 is 0 Å². The second-order valence-electron chi connectivity index (χ2n) is 6.36. The maximum Gasteiger partial charge on any atom is 0.215 e. The van der Waals surface area contributed by atoms with E-state index in [1.165, 1.54) is 12.1 Å². The Labute approximate surface area is 194 Å². The highest BCUT2D eigenvalue weighted by Crippen LogP contribution is 2.14. The summed E-state index contributed by atoms with van der Waals surface area (Å²) < 4.78 is 45.2. The summed E-state index contributed by atoms with van der Waals surface area (Å²) in [5, 5.41) is 6.14. The Kier molecular flexibility index (Phi) is 12.2. The highest BCUT2D eigenvalue weighted by molar-refractivity contribution is 14.0. The van der Waals surface area contributed by atoms with Gasteiger partial charge in [0.15, 0.2) is 5.96 Å². The average Bonchev–Trinajstić information content (AvgIpc) is 2.67. The van der Waals surface area contributed by atoms with Crippen LogP contribution in [0.25, 0.3) is 0 Å². The van der Waals surface area contributed by atoms with Crippen molar-refractivity contribution in [2.45, 2.75) is 20.0 Å². The predicted octanol–water partition coefficient (Wildman–Crippen LogP) is 2.14. The standard InChI is InChI=1S/C18H29FN4O3S2.HI/c1-3-20-18(21-7-12-28(24,25)23-8-10-27-11-9-23)22-14-15(2)26-17-6-4-5-16(19)13-17;/h4-6,13,15H,3,7-12,14H2,1-2H3,(H2,20,21,22);1H. The summed E-state index contributed by atoms with van der Waals surface area (Å²) in [6.45, 7) is 6.22. The SMILES string of the molecule is CCNC(=NCC(C)Oc1cccc(F)c1)NCCS(=O)(=O)N1CCSCC1.I. The molecule has 0 aromatic heterocycles. The summed E-state index contributed by atoms with van der Waals surface area (Å²) in [4.78, 5) is 4.43. The molecule has 1 aromatic carbocycles. The lowest BCUT2D eigenvalue weighted by molar-refractivity contribution is 0.229. The number of benzene rings is 1. The third-order valence-electron chi connectivity index (χ3n) is 4.00. The Hall–Kier alpha value is -0.790. The number of nitrogens with zero attached hydrogens (tertiary/aromatic N) is 2. The van der Waals surface area contributed by atoms with Crippen molar-refractivity contribution in [1.29, 1.82) is 0 Å². The first-order chi connectivity index (χ1) is 13.4. The van der Waals surface area contributed by atoms with Crippen LogP contribution in [0, 0.1) is 5.82 Å². The first kappa shape index (κ1) is 26.2. The summed E-state index contributed by atoms with van der Waals surface area (Å²) in [5.74, 6) is 2.35. The molecule has 0 aliphatic carbocycles. The molecular weight excluding hydrogens is 530 g/mol. The van der Waals surface area contributed by atoms with Gasteiger partial charge in [0, 0.05) is 43.8 Å². The number of sulfonamides is 1. The Morgan fingerprint density at radius 2 is 2.07 bits per heavy atom. The Morgan fingerprint density at radius 3 is 2.72 bits per heavy atom. The zero-order valence-corrected chi connectivity index (χ0v) is 20.7. The zero-order chi connectivity index (χ0) is 20.4. The van der Waals surface area contributed by atoms with Gasteiger partial charge < -0.3 is 15.4 Å². The van der Waals surface area contributed by atoms with Crippen LogP contribution < -0.4 is 15.4 Å². The number of hydrogen-bond acceptors (Lipinski definition) is 5. The van der Waals surface area contributed by atoms with Gasteiger partial charge in [-0.2, -0.15) is 11.8 Å². The van der Waals surface area contributed by atoms with Gasteiger partial charge in [0.05, 0.1) is 12.3 Å². The van der Waals surface area contributed by atoms with E-state index in [9.17, 15) is 12.8 Å². The quantitative estimate of drug-likeness (QED) is 0.274. The summed E-state index contributed by atoms with van der Waals surface area (Å²) in [5.41, 5.74) is 0. The monoisotopic (exact) mass is 560 g/mol. The Balaban J connectivity index is 0.00000420. The van der Waals surface area contributed by atoms with Crippen LogP contribution >= 0.6 is 35.7 Å². The fourth-order valence-electron chi connectivity index (χ4n) is 2.62. The molecule has 1 aliphatic rings. The molecule has 1 fully saturated rings. The molecule has 11 heteroatoms. The number of guanidine groups is 1. The van der Waals surface area contributed by atoms with Crippen molar-refractivity contribution in [2.75, 3.05) is 50.0 Å². The van der Waals surface area contributed by atoms with E-state index >= 15 is 0 Å². The molecule has 7 nitrogen and oxygen atoms in total. The molecule has 0 bridgehead atoms. The molecule has 166 valence electrons. The fraction of sp³-hybridized carbons (Fsp3) is 0.611. The second-order valence-corrected chi connectivity index (χ2v) is 9.67. The van der Waals surface area contributed by atoms with Crippen molar-refractivity contribution >= 4 is 51.7 Å². The van der Waals surface area contributed by atoms with Crippen LogP contribution in [0.2, 0.25) is 0 Å². The molecule has 0 radical (unpaired) electrons. The van der Waals surface area contributed by atoms with E-state index in [1.807, 2.05) is 13.8 Å². The van der Waals surface area contributed by atoms with E-state index in [0.717, 1.165) is 11.5 Å². The first-order valence-corrected chi connectivity index (χ1v) is 12.2. The van der Waals surface area contributed by atoms with Crippen LogP contribution in [-0.4, -0.2) is 74.8 Å². The van der Waals surface area contributed by atoms with Crippen molar-refractivity contribution in [2.24, 2.45) is 4.99 Å². The van der Waals surface area contributed by atoms with Gasteiger partial charge in [-0.25, -0.2) is 22.1 Å². The first-order valence-electron chi connectivity index (χ1n) is 9.40. The number of halogens is 2. The minimum absolute atomic E-state index is 0. The van der Waals surface area contributed by atoms with Gasteiger partial charge in [-0.05, 0) is 26.0 Å². The number of aliphatic imine (C=N–C) groups is 1. The number of ether oxygens (including phenoxy) is 1. The second kappa shape index (κ2) is 13.5. The molecule has 1 heterocycles. The number of thioether (sulfide) groups is 1. The van der Waals surface area contributed by atoms with E-state index in [4.69, 9.17) is 4.74 Å². The smallest absolute Gasteiger partial charge is 0.215 e. The predicted molar refractivity (Wildman–Crippen MR) is 129 cm³/mol. The van der Waals surface area contributed by atoms with Crippen LogP contribution in [0.15, 0.2) is 29.3 Å². The fourth-order valence-corrected chi connectivity index (χ4v) is 5.12. The van der Waals surface area contributed by atoms with E-state index < -0.39 is 10.0 Å². The van der Waals surface area contributed by atoms with Crippen LogP contribution in [0.3, 0.4) is 0 Å². The number of nitrogens with one attached hydrogen (secondary N) is 2. The summed E-state index contributed by atoms with van der Waals surface area (Å²) in [6.07, 6.45) is -0.258. The molecule has 0 saturated carbocycles. The summed E-state index contributed by atoms with van der Waals surface area (Å²) >= 11 is 1.78. The zero-order valence-electron chi connectivity index (χ0n) is 16.8. The highest BCUT2D eigenvalue weighted by atomic mass is 127. The highest BCUT2D eigenvalue weighted by Gasteiger charge is 2.23. The van der Waals surface area contributed by atoms with Crippen LogP contribution in [0.4, 0.5) is 4.39 Å². The van der Waals surface area contributed by atoms with Crippen LogP contribution in [0.5, 0.6) is 5.75 Å². The third kappa shape index (κ3) is 9.71. The van der Waals surface area contributed by atoms with Crippen molar-refractivity contribution in [1.82, 2.24) is 14.9 Å². The van der Waals surface area contributed by atoms with Crippen molar-refractivity contribution in [3.05, 3.63) is 30.1 Å². The number of hydrogen-bond donors (Lipinski definition) is 2. The normalized spacial score (nSPS) is 16.6. The van der Waals surface area contributed by atoms with Crippen LogP contribution in [-0.2, 0) is 10.0 Å². The maximum absolute atomic E-state index is 13.2.